The quantitative estimate of drug-likeness (QED) is 0.879. The molecule has 0 bridgehead atoms. The molecular weight excluding hydrogens is 328 g/mol. The molecule has 2 fully saturated rings. The number of aryl methyl sites for hydroxylation is 1. The highest BCUT2D eigenvalue weighted by Crippen LogP contribution is 2.41. The van der Waals surface area contributed by atoms with Crippen molar-refractivity contribution < 1.29 is 14.7 Å². The lowest BCUT2D eigenvalue weighted by Crippen LogP contribution is -2.55. The standard InChI is InChI=1S/C21H30N2O3/c1-3-17-4-6-18(7-5-17)14-22-12-10-21(11-13-22)9-8-19(24)23(15-21)16(2)20(25)26/h4-7,16H,3,8-15H2,1-2H3,(H,25,26). The van der Waals surface area contributed by atoms with Gasteiger partial charge in [0.2, 0.25) is 5.91 Å². The maximum Gasteiger partial charge on any atom is 0.326 e. The molecule has 2 aliphatic rings. The van der Waals surface area contributed by atoms with Gasteiger partial charge in [0.05, 0.1) is 0 Å². The van der Waals surface area contributed by atoms with Gasteiger partial charge in [-0.3, -0.25) is 9.69 Å². The lowest BCUT2D eigenvalue weighted by atomic mass is 9.72. The zero-order valence-corrected chi connectivity index (χ0v) is 15.9. The van der Waals surface area contributed by atoms with E-state index in [1.807, 2.05) is 0 Å². The van der Waals surface area contributed by atoms with Crippen LogP contribution in [0, 0.1) is 5.41 Å². The Hall–Kier alpha value is -1.88. The first-order valence-electron chi connectivity index (χ1n) is 9.75. The first-order valence-corrected chi connectivity index (χ1v) is 9.75. The van der Waals surface area contributed by atoms with Crippen molar-refractivity contribution in [1.29, 1.82) is 0 Å². The lowest BCUT2D eigenvalue weighted by molar-refractivity contribution is -0.155. The van der Waals surface area contributed by atoms with E-state index in [1.165, 1.54) is 11.1 Å². The minimum atomic E-state index is -0.914. The third-order valence-electron chi connectivity index (χ3n) is 6.27. The largest absolute Gasteiger partial charge is 0.480 e. The van der Waals surface area contributed by atoms with Gasteiger partial charge >= 0.3 is 5.97 Å². The number of benzene rings is 1. The van der Waals surface area contributed by atoms with Crippen LogP contribution in [0.25, 0.3) is 0 Å². The van der Waals surface area contributed by atoms with Crippen LogP contribution in [0.5, 0.6) is 0 Å². The number of amides is 1. The molecular formula is C21H30N2O3. The van der Waals surface area contributed by atoms with Gasteiger partial charge in [0.1, 0.15) is 6.04 Å². The summed E-state index contributed by atoms with van der Waals surface area (Å²) in [7, 11) is 0. The fourth-order valence-corrected chi connectivity index (χ4v) is 4.26. The molecule has 1 spiro atoms. The highest BCUT2D eigenvalue weighted by atomic mass is 16.4. The van der Waals surface area contributed by atoms with Gasteiger partial charge < -0.3 is 10.0 Å². The summed E-state index contributed by atoms with van der Waals surface area (Å²) in [6.45, 7) is 7.38. The number of nitrogens with zero attached hydrogens (tertiary/aromatic N) is 2. The Morgan fingerprint density at radius 3 is 2.35 bits per heavy atom. The van der Waals surface area contributed by atoms with E-state index >= 15 is 0 Å². The Labute approximate surface area is 156 Å². The predicted molar refractivity (Wildman–Crippen MR) is 101 cm³/mol. The van der Waals surface area contributed by atoms with Crippen molar-refractivity contribution in [1.82, 2.24) is 9.80 Å². The van der Waals surface area contributed by atoms with E-state index in [4.69, 9.17) is 0 Å². The van der Waals surface area contributed by atoms with E-state index in [-0.39, 0.29) is 11.3 Å². The van der Waals surface area contributed by atoms with Gasteiger partial charge in [-0.15, -0.1) is 0 Å². The Morgan fingerprint density at radius 1 is 1.15 bits per heavy atom. The molecule has 0 aromatic heterocycles. The first-order chi connectivity index (χ1) is 12.4. The number of carboxylic acids is 1. The van der Waals surface area contributed by atoms with Crippen molar-refractivity contribution >= 4 is 11.9 Å². The summed E-state index contributed by atoms with van der Waals surface area (Å²) in [6.07, 6.45) is 4.52. The van der Waals surface area contributed by atoms with E-state index in [9.17, 15) is 14.7 Å². The Bertz CT molecular complexity index is 648. The van der Waals surface area contributed by atoms with Gasteiger partial charge in [-0.25, -0.2) is 4.79 Å². The van der Waals surface area contributed by atoms with Crippen LogP contribution in [-0.2, 0) is 22.6 Å². The molecule has 26 heavy (non-hydrogen) atoms. The number of rotatable bonds is 5. The van der Waals surface area contributed by atoms with Gasteiger partial charge in [0.25, 0.3) is 0 Å². The second-order valence-electron chi connectivity index (χ2n) is 7.98. The molecule has 1 amide bonds. The molecule has 2 heterocycles. The number of hydrogen-bond acceptors (Lipinski definition) is 3. The molecule has 3 rings (SSSR count). The van der Waals surface area contributed by atoms with Crippen molar-refractivity contribution in [2.24, 2.45) is 5.41 Å². The van der Waals surface area contributed by atoms with Crippen LogP contribution in [0.15, 0.2) is 24.3 Å². The monoisotopic (exact) mass is 358 g/mol. The molecule has 0 saturated carbocycles. The van der Waals surface area contributed by atoms with Crippen molar-refractivity contribution in [2.75, 3.05) is 19.6 Å². The number of hydrogen-bond donors (Lipinski definition) is 1. The molecule has 2 saturated heterocycles. The van der Waals surface area contributed by atoms with Crippen LogP contribution in [0.2, 0.25) is 0 Å². The molecule has 142 valence electrons. The predicted octanol–water partition coefficient (Wildman–Crippen LogP) is 2.93. The van der Waals surface area contributed by atoms with Crippen LogP contribution in [0.3, 0.4) is 0 Å². The third kappa shape index (κ3) is 4.09. The minimum absolute atomic E-state index is 0.0102. The van der Waals surface area contributed by atoms with Crippen molar-refractivity contribution in [2.45, 2.75) is 58.5 Å². The molecule has 2 aliphatic heterocycles. The summed E-state index contributed by atoms with van der Waals surface area (Å²) < 4.78 is 0. The van der Waals surface area contributed by atoms with Gasteiger partial charge in [-0.05, 0) is 62.2 Å². The smallest absolute Gasteiger partial charge is 0.326 e. The maximum atomic E-state index is 12.2. The number of piperidine rings is 2. The first kappa shape index (κ1) is 18.9. The molecule has 5 nitrogen and oxygen atoms in total. The average Bonchev–Trinajstić information content (AvgIpc) is 2.66. The minimum Gasteiger partial charge on any atom is -0.480 e. The Balaban J connectivity index is 1.58. The van der Waals surface area contributed by atoms with Crippen LogP contribution in [0.4, 0.5) is 0 Å². The van der Waals surface area contributed by atoms with E-state index in [0.717, 1.165) is 45.3 Å². The summed E-state index contributed by atoms with van der Waals surface area (Å²) in [6, 6.07) is 8.13. The third-order valence-corrected chi connectivity index (χ3v) is 6.27. The number of carboxylic acid groups (broad SMARTS) is 1. The summed E-state index contributed by atoms with van der Waals surface area (Å²) in [4.78, 5) is 27.6. The van der Waals surface area contributed by atoms with Crippen molar-refractivity contribution in [3.8, 4) is 0 Å². The van der Waals surface area contributed by atoms with Crippen molar-refractivity contribution in [3.05, 3.63) is 35.4 Å². The lowest BCUT2D eigenvalue weighted by Gasteiger charge is -2.48. The Morgan fingerprint density at radius 2 is 1.77 bits per heavy atom. The molecule has 0 radical (unpaired) electrons. The van der Waals surface area contributed by atoms with E-state index < -0.39 is 12.0 Å². The van der Waals surface area contributed by atoms with Crippen LogP contribution in [-0.4, -0.2) is 52.5 Å². The summed E-state index contributed by atoms with van der Waals surface area (Å²) in [5, 5.41) is 9.28. The molecule has 1 unspecified atom stereocenters. The van der Waals surface area contributed by atoms with Crippen LogP contribution < -0.4 is 0 Å². The normalized spacial score (nSPS) is 21.8. The zero-order valence-electron chi connectivity index (χ0n) is 15.9. The zero-order chi connectivity index (χ0) is 18.7. The molecule has 0 aliphatic carbocycles. The summed E-state index contributed by atoms with van der Waals surface area (Å²) >= 11 is 0. The average molecular weight is 358 g/mol. The second-order valence-corrected chi connectivity index (χ2v) is 7.98. The van der Waals surface area contributed by atoms with Gasteiger partial charge in [-0.1, -0.05) is 31.2 Å². The van der Waals surface area contributed by atoms with Gasteiger partial charge in [-0.2, -0.15) is 0 Å². The molecule has 1 N–H and O–H groups in total. The fraction of sp³-hybridized carbons (Fsp3) is 0.619. The molecule has 5 heteroatoms. The van der Waals surface area contributed by atoms with E-state index in [2.05, 4.69) is 36.1 Å². The SMILES string of the molecule is CCc1ccc(CN2CCC3(CCC(=O)N(C(C)C(=O)O)C3)CC2)cc1. The molecule has 1 aromatic carbocycles. The number of carbonyl (C=O) groups excluding carboxylic acids is 1. The topological polar surface area (TPSA) is 60.9 Å². The highest BCUT2D eigenvalue weighted by molar-refractivity contribution is 5.84. The van der Waals surface area contributed by atoms with E-state index in [1.54, 1.807) is 11.8 Å². The van der Waals surface area contributed by atoms with Gasteiger partial charge in [0.15, 0.2) is 0 Å². The van der Waals surface area contributed by atoms with E-state index in [0.29, 0.717) is 13.0 Å². The number of carbonyl (C=O) groups is 2. The second kappa shape index (κ2) is 7.78. The molecule has 1 atom stereocenters. The fourth-order valence-electron chi connectivity index (χ4n) is 4.26. The number of likely N-dealkylation sites (tertiary alicyclic amines) is 2. The van der Waals surface area contributed by atoms with Crippen LogP contribution in [0.1, 0.15) is 50.7 Å². The number of aliphatic carboxylic acids is 1. The van der Waals surface area contributed by atoms with Crippen molar-refractivity contribution in [3.63, 3.8) is 0 Å². The highest BCUT2D eigenvalue weighted by Gasteiger charge is 2.43. The summed E-state index contributed by atoms with van der Waals surface area (Å²) in [5.41, 5.74) is 2.81. The Kier molecular flexibility index (Phi) is 5.66. The summed E-state index contributed by atoms with van der Waals surface area (Å²) in [5.74, 6) is -0.924. The van der Waals surface area contributed by atoms with Gasteiger partial charge in [0, 0.05) is 19.5 Å². The maximum absolute atomic E-state index is 12.2. The van der Waals surface area contributed by atoms with Crippen LogP contribution >= 0.6 is 0 Å². The molecule has 1 aromatic rings.